The lowest BCUT2D eigenvalue weighted by atomic mass is 10.0. The van der Waals surface area contributed by atoms with Crippen molar-refractivity contribution in [1.29, 1.82) is 0 Å². The van der Waals surface area contributed by atoms with Gasteiger partial charge in [-0.25, -0.2) is 0 Å². The van der Waals surface area contributed by atoms with Gasteiger partial charge in [0.05, 0.1) is 12.2 Å². The Balaban J connectivity index is 0.00000280. The molecular formula is C21H29ClIN5. The Morgan fingerprint density at radius 3 is 2.57 bits per heavy atom. The molecule has 3 rings (SSSR count). The molecule has 0 bridgehead atoms. The molecule has 1 saturated heterocycles. The monoisotopic (exact) mass is 513 g/mol. The van der Waals surface area contributed by atoms with E-state index in [-0.39, 0.29) is 24.0 Å². The Labute approximate surface area is 190 Å². The van der Waals surface area contributed by atoms with Crippen LogP contribution < -0.4 is 10.6 Å². The highest BCUT2D eigenvalue weighted by molar-refractivity contribution is 14.0. The molecule has 2 N–H and O–H groups in total. The third-order valence-corrected chi connectivity index (χ3v) is 5.26. The highest BCUT2D eigenvalue weighted by Crippen LogP contribution is 2.16. The summed E-state index contributed by atoms with van der Waals surface area (Å²) in [5, 5.41) is 7.73. The number of nitrogens with one attached hydrogen (secondary N) is 2. The number of guanidine groups is 1. The summed E-state index contributed by atoms with van der Waals surface area (Å²) in [6.45, 7) is 5.90. The number of hydrogen-bond acceptors (Lipinski definition) is 3. The zero-order valence-electron chi connectivity index (χ0n) is 16.5. The molecule has 152 valence electrons. The van der Waals surface area contributed by atoms with E-state index >= 15 is 0 Å². The van der Waals surface area contributed by atoms with Crippen LogP contribution in [0.1, 0.15) is 29.7 Å². The molecule has 0 amide bonds. The standard InChI is InChI=1S/C21H28ClN5.HI/c1-16-4-3-11-24-20(16)14-25-21(23-2)26-19-9-12-27(13-10-19)15-17-5-7-18(22)8-6-17;/h3-8,11,19H,9-10,12-15H2,1-2H3,(H2,23,25,26);1H. The number of likely N-dealkylation sites (tertiary alicyclic amines) is 1. The zero-order chi connectivity index (χ0) is 19.1. The zero-order valence-corrected chi connectivity index (χ0v) is 19.6. The SMILES string of the molecule is CN=C(NCc1ncccc1C)NC1CCN(Cc2ccc(Cl)cc2)CC1.I. The predicted octanol–water partition coefficient (Wildman–Crippen LogP) is 3.99. The van der Waals surface area contributed by atoms with E-state index in [4.69, 9.17) is 11.6 Å². The molecule has 0 unspecified atom stereocenters. The minimum atomic E-state index is 0. The van der Waals surface area contributed by atoms with E-state index in [0.717, 1.165) is 49.2 Å². The number of pyridine rings is 1. The van der Waals surface area contributed by atoms with Crippen molar-refractivity contribution in [2.24, 2.45) is 4.99 Å². The van der Waals surface area contributed by atoms with E-state index < -0.39 is 0 Å². The van der Waals surface area contributed by atoms with Gasteiger partial charge in [0, 0.05) is 43.9 Å². The fourth-order valence-corrected chi connectivity index (χ4v) is 3.47. The molecular weight excluding hydrogens is 485 g/mol. The van der Waals surface area contributed by atoms with Crippen LogP contribution in [0.15, 0.2) is 47.6 Å². The first-order chi connectivity index (χ1) is 13.1. The normalized spacial score (nSPS) is 15.8. The van der Waals surface area contributed by atoms with Crippen molar-refractivity contribution < 1.29 is 0 Å². The van der Waals surface area contributed by atoms with Gasteiger partial charge in [-0.3, -0.25) is 14.9 Å². The van der Waals surface area contributed by atoms with Gasteiger partial charge < -0.3 is 10.6 Å². The van der Waals surface area contributed by atoms with Crippen molar-refractivity contribution in [2.45, 2.75) is 38.9 Å². The Bertz CT molecular complexity index is 758. The molecule has 1 aromatic carbocycles. The van der Waals surface area contributed by atoms with Crippen molar-refractivity contribution in [3.8, 4) is 0 Å². The topological polar surface area (TPSA) is 52.6 Å². The van der Waals surface area contributed by atoms with Crippen molar-refractivity contribution in [3.05, 3.63) is 64.4 Å². The third-order valence-electron chi connectivity index (χ3n) is 5.01. The average Bonchev–Trinajstić information content (AvgIpc) is 2.69. The van der Waals surface area contributed by atoms with E-state index in [1.54, 1.807) is 0 Å². The third kappa shape index (κ3) is 6.90. The average molecular weight is 514 g/mol. The van der Waals surface area contributed by atoms with Gasteiger partial charge in [0.15, 0.2) is 5.96 Å². The van der Waals surface area contributed by atoms with Gasteiger partial charge in [-0.15, -0.1) is 24.0 Å². The Hall–Kier alpha value is -1.38. The number of aromatic nitrogens is 1. The van der Waals surface area contributed by atoms with Crippen LogP contribution in [0.5, 0.6) is 0 Å². The van der Waals surface area contributed by atoms with Crippen LogP contribution in [0.3, 0.4) is 0 Å². The molecule has 0 saturated carbocycles. The second-order valence-electron chi connectivity index (χ2n) is 7.01. The minimum Gasteiger partial charge on any atom is -0.354 e. The first-order valence-corrected chi connectivity index (χ1v) is 9.86. The highest BCUT2D eigenvalue weighted by atomic mass is 127. The van der Waals surface area contributed by atoms with Crippen LogP contribution in [0, 0.1) is 6.92 Å². The lowest BCUT2D eigenvalue weighted by Crippen LogP contribution is -2.48. The Morgan fingerprint density at radius 1 is 1.21 bits per heavy atom. The highest BCUT2D eigenvalue weighted by Gasteiger charge is 2.20. The van der Waals surface area contributed by atoms with Crippen LogP contribution >= 0.6 is 35.6 Å². The summed E-state index contributed by atoms with van der Waals surface area (Å²) in [5.41, 5.74) is 3.56. The fourth-order valence-electron chi connectivity index (χ4n) is 3.34. The molecule has 2 heterocycles. The number of aliphatic imine (C=N–C) groups is 1. The van der Waals surface area contributed by atoms with Gasteiger partial charge >= 0.3 is 0 Å². The second kappa shape index (κ2) is 11.6. The maximum atomic E-state index is 5.97. The van der Waals surface area contributed by atoms with Crippen molar-refractivity contribution in [2.75, 3.05) is 20.1 Å². The van der Waals surface area contributed by atoms with Crippen LogP contribution in [0.25, 0.3) is 0 Å². The summed E-state index contributed by atoms with van der Waals surface area (Å²) in [7, 11) is 1.82. The minimum absolute atomic E-state index is 0. The van der Waals surface area contributed by atoms with Crippen LogP contribution in [-0.2, 0) is 13.1 Å². The number of benzene rings is 1. The molecule has 0 aliphatic carbocycles. The van der Waals surface area contributed by atoms with Gasteiger partial charge in [-0.2, -0.15) is 0 Å². The molecule has 5 nitrogen and oxygen atoms in total. The summed E-state index contributed by atoms with van der Waals surface area (Å²) in [4.78, 5) is 11.3. The molecule has 1 fully saturated rings. The summed E-state index contributed by atoms with van der Waals surface area (Å²) in [6, 6.07) is 12.6. The maximum absolute atomic E-state index is 5.97. The number of aryl methyl sites for hydroxylation is 1. The van der Waals surface area contributed by atoms with Crippen molar-refractivity contribution >= 4 is 41.5 Å². The number of piperidine rings is 1. The molecule has 0 radical (unpaired) electrons. The molecule has 0 spiro atoms. The van der Waals surface area contributed by atoms with E-state index in [2.05, 4.69) is 50.6 Å². The van der Waals surface area contributed by atoms with Crippen LogP contribution in [0.4, 0.5) is 0 Å². The van der Waals surface area contributed by atoms with E-state index in [1.807, 2.05) is 31.4 Å². The molecule has 1 aliphatic heterocycles. The molecule has 1 aromatic heterocycles. The van der Waals surface area contributed by atoms with E-state index in [0.29, 0.717) is 12.6 Å². The number of nitrogens with zero attached hydrogens (tertiary/aromatic N) is 3. The molecule has 28 heavy (non-hydrogen) atoms. The van der Waals surface area contributed by atoms with Crippen molar-refractivity contribution in [1.82, 2.24) is 20.5 Å². The Morgan fingerprint density at radius 2 is 1.93 bits per heavy atom. The first kappa shape index (κ1) is 22.9. The first-order valence-electron chi connectivity index (χ1n) is 9.48. The number of hydrogen-bond donors (Lipinski definition) is 2. The molecule has 1 aliphatic rings. The summed E-state index contributed by atoms with van der Waals surface area (Å²) in [5.74, 6) is 0.844. The number of halogens is 2. The quantitative estimate of drug-likeness (QED) is 0.361. The largest absolute Gasteiger partial charge is 0.354 e. The molecule has 0 atom stereocenters. The summed E-state index contributed by atoms with van der Waals surface area (Å²) < 4.78 is 0. The van der Waals surface area contributed by atoms with Crippen LogP contribution in [-0.4, -0.2) is 42.0 Å². The van der Waals surface area contributed by atoms with Gasteiger partial charge in [0.1, 0.15) is 0 Å². The van der Waals surface area contributed by atoms with Gasteiger partial charge in [-0.05, 0) is 49.1 Å². The van der Waals surface area contributed by atoms with E-state index in [9.17, 15) is 0 Å². The lowest BCUT2D eigenvalue weighted by Gasteiger charge is -2.33. The van der Waals surface area contributed by atoms with Gasteiger partial charge in [0.25, 0.3) is 0 Å². The van der Waals surface area contributed by atoms with Gasteiger partial charge in [0.2, 0.25) is 0 Å². The lowest BCUT2D eigenvalue weighted by molar-refractivity contribution is 0.198. The van der Waals surface area contributed by atoms with Gasteiger partial charge in [-0.1, -0.05) is 29.8 Å². The predicted molar refractivity (Wildman–Crippen MR) is 127 cm³/mol. The van der Waals surface area contributed by atoms with Crippen LogP contribution in [0.2, 0.25) is 5.02 Å². The smallest absolute Gasteiger partial charge is 0.191 e. The second-order valence-corrected chi connectivity index (χ2v) is 7.45. The van der Waals surface area contributed by atoms with Crippen molar-refractivity contribution in [3.63, 3.8) is 0 Å². The fraction of sp³-hybridized carbons (Fsp3) is 0.429. The Kier molecular flexibility index (Phi) is 9.47. The molecule has 7 heteroatoms. The van der Waals surface area contributed by atoms with E-state index in [1.165, 1.54) is 11.1 Å². The summed E-state index contributed by atoms with van der Waals surface area (Å²) in [6.07, 6.45) is 4.05. The molecule has 2 aromatic rings. The maximum Gasteiger partial charge on any atom is 0.191 e. The summed E-state index contributed by atoms with van der Waals surface area (Å²) >= 11 is 5.97. The number of rotatable bonds is 5.